The van der Waals surface area contributed by atoms with Crippen molar-refractivity contribution in [3.63, 3.8) is 0 Å². The van der Waals surface area contributed by atoms with Gasteiger partial charge < -0.3 is 9.73 Å². The summed E-state index contributed by atoms with van der Waals surface area (Å²) in [4.78, 5) is 20.7. The van der Waals surface area contributed by atoms with Crippen molar-refractivity contribution in [1.82, 2.24) is 9.97 Å². The third kappa shape index (κ3) is 3.22. The summed E-state index contributed by atoms with van der Waals surface area (Å²) in [5.74, 6) is 0.291. The summed E-state index contributed by atoms with van der Waals surface area (Å²) in [6.45, 7) is 0. The lowest BCUT2D eigenvalue weighted by Gasteiger charge is -2.06. The fourth-order valence-electron chi connectivity index (χ4n) is 2.43. The van der Waals surface area contributed by atoms with Gasteiger partial charge in [0.1, 0.15) is 5.52 Å². The van der Waals surface area contributed by atoms with Crippen molar-refractivity contribution < 1.29 is 9.21 Å². The number of pyridine rings is 1. The van der Waals surface area contributed by atoms with Gasteiger partial charge in [0.15, 0.2) is 5.58 Å². The quantitative estimate of drug-likeness (QED) is 0.577. The summed E-state index contributed by atoms with van der Waals surface area (Å²) in [5, 5.41) is 3.35. The first-order chi connectivity index (χ1) is 12.2. The van der Waals surface area contributed by atoms with E-state index in [0.29, 0.717) is 33.3 Å². The number of anilines is 1. The van der Waals surface area contributed by atoms with E-state index in [4.69, 9.17) is 16.0 Å². The van der Waals surface area contributed by atoms with Crippen molar-refractivity contribution in [2.75, 3.05) is 5.32 Å². The first-order valence-electron chi connectivity index (χ1n) is 7.57. The number of benzene rings is 2. The molecule has 0 aliphatic heterocycles. The minimum atomic E-state index is -0.219. The molecule has 122 valence electrons. The molecule has 0 bridgehead atoms. The number of aromatic nitrogens is 2. The zero-order valence-electron chi connectivity index (χ0n) is 12.9. The largest absolute Gasteiger partial charge is 0.436 e. The molecule has 0 aliphatic rings. The second-order valence-electron chi connectivity index (χ2n) is 5.40. The molecular formula is C19H12ClN3O2. The van der Waals surface area contributed by atoms with Gasteiger partial charge in [-0.05, 0) is 42.5 Å². The molecule has 2 aromatic carbocycles. The van der Waals surface area contributed by atoms with E-state index in [9.17, 15) is 4.79 Å². The van der Waals surface area contributed by atoms with Gasteiger partial charge in [0.05, 0.1) is 6.20 Å². The van der Waals surface area contributed by atoms with Gasteiger partial charge >= 0.3 is 0 Å². The van der Waals surface area contributed by atoms with Crippen molar-refractivity contribution in [2.24, 2.45) is 0 Å². The van der Waals surface area contributed by atoms with E-state index < -0.39 is 0 Å². The standard InChI is InChI=1S/C19H12ClN3O2/c20-14-3-1-2-13(10-14)18(24)22-15-6-4-12(5-7-15)19-23-16-11-21-9-8-17(16)25-19/h1-11H,(H,22,24). The molecule has 2 aromatic heterocycles. The average Bonchev–Trinajstić information content (AvgIpc) is 3.06. The Hall–Kier alpha value is -3.18. The van der Waals surface area contributed by atoms with E-state index in [1.54, 1.807) is 54.9 Å². The molecule has 0 spiro atoms. The second kappa shape index (κ2) is 6.37. The third-order valence-corrected chi connectivity index (χ3v) is 3.90. The maximum atomic E-state index is 12.2. The van der Waals surface area contributed by atoms with Gasteiger partial charge in [0.2, 0.25) is 5.89 Å². The highest BCUT2D eigenvalue weighted by molar-refractivity contribution is 6.31. The Labute approximate surface area is 148 Å². The molecule has 0 radical (unpaired) electrons. The van der Waals surface area contributed by atoms with Crippen LogP contribution in [0.15, 0.2) is 71.4 Å². The minimum absolute atomic E-state index is 0.219. The van der Waals surface area contributed by atoms with Gasteiger partial charge in [-0.2, -0.15) is 0 Å². The number of carbonyl (C=O) groups is 1. The molecule has 4 rings (SSSR count). The smallest absolute Gasteiger partial charge is 0.255 e. The fourth-order valence-corrected chi connectivity index (χ4v) is 2.62. The normalized spacial score (nSPS) is 10.8. The number of hydrogen-bond donors (Lipinski definition) is 1. The van der Waals surface area contributed by atoms with Crippen LogP contribution in [0.1, 0.15) is 10.4 Å². The van der Waals surface area contributed by atoms with Crippen LogP contribution in [0.2, 0.25) is 5.02 Å². The number of carbonyl (C=O) groups excluding carboxylic acids is 1. The van der Waals surface area contributed by atoms with Gasteiger partial charge in [-0.3, -0.25) is 9.78 Å². The fraction of sp³-hybridized carbons (Fsp3) is 0. The molecule has 4 aromatic rings. The third-order valence-electron chi connectivity index (χ3n) is 3.67. The van der Waals surface area contributed by atoms with Crippen LogP contribution >= 0.6 is 11.6 Å². The minimum Gasteiger partial charge on any atom is -0.436 e. The summed E-state index contributed by atoms with van der Waals surface area (Å²) in [6.07, 6.45) is 3.31. The summed E-state index contributed by atoms with van der Waals surface area (Å²) in [6, 6.07) is 15.8. The second-order valence-corrected chi connectivity index (χ2v) is 5.84. The van der Waals surface area contributed by atoms with Gasteiger partial charge in [-0.1, -0.05) is 17.7 Å². The highest BCUT2D eigenvalue weighted by Gasteiger charge is 2.10. The van der Waals surface area contributed by atoms with Gasteiger partial charge in [-0.25, -0.2) is 4.98 Å². The number of oxazole rings is 1. The van der Waals surface area contributed by atoms with Crippen LogP contribution in [0.4, 0.5) is 5.69 Å². The number of hydrogen-bond acceptors (Lipinski definition) is 4. The van der Waals surface area contributed by atoms with Crippen LogP contribution in [0.25, 0.3) is 22.6 Å². The van der Waals surface area contributed by atoms with Crippen molar-refractivity contribution >= 4 is 34.3 Å². The lowest BCUT2D eigenvalue weighted by atomic mass is 10.2. The lowest BCUT2D eigenvalue weighted by Crippen LogP contribution is -2.11. The molecule has 0 saturated heterocycles. The monoisotopic (exact) mass is 349 g/mol. The molecule has 0 atom stereocenters. The molecule has 1 amide bonds. The molecule has 0 unspecified atom stereocenters. The highest BCUT2D eigenvalue weighted by Crippen LogP contribution is 2.25. The van der Waals surface area contributed by atoms with Crippen LogP contribution in [0, 0.1) is 0 Å². The first-order valence-corrected chi connectivity index (χ1v) is 7.95. The topological polar surface area (TPSA) is 68.0 Å². The van der Waals surface area contributed by atoms with Crippen LogP contribution in [-0.2, 0) is 0 Å². The van der Waals surface area contributed by atoms with Crippen LogP contribution < -0.4 is 5.32 Å². The van der Waals surface area contributed by atoms with Crippen molar-refractivity contribution in [1.29, 1.82) is 0 Å². The Morgan fingerprint density at radius 1 is 1.08 bits per heavy atom. The van der Waals surface area contributed by atoms with Crippen LogP contribution in [0.3, 0.4) is 0 Å². The predicted octanol–water partition coefficient (Wildman–Crippen LogP) is 4.80. The number of halogens is 1. The maximum absolute atomic E-state index is 12.2. The number of rotatable bonds is 3. The van der Waals surface area contributed by atoms with Crippen molar-refractivity contribution in [2.45, 2.75) is 0 Å². The lowest BCUT2D eigenvalue weighted by molar-refractivity contribution is 0.102. The Kier molecular flexibility index (Phi) is 3.91. The SMILES string of the molecule is O=C(Nc1ccc(-c2nc3cnccc3o2)cc1)c1cccc(Cl)c1. The predicted molar refractivity (Wildman–Crippen MR) is 96.6 cm³/mol. The molecule has 0 aliphatic carbocycles. The van der Waals surface area contributed by atoms with E-state index in [0.717, 1.165) is 5.56 Å². The van der Waals surface area contributed by atoms with E-state index in [1.807, 2.05) is 12.1 Å². The zero-order chi connectivity index (χ0) is 17.2. The van der Waals surface area contributed by atoms with Crippen LogP contribution in [0.5, 0.6) is 0 Å². The highest BCUT2D eigenvalue weighted by atomic mass is 35.5. The van der Waals surface area contributed by atoms with Gasteiger partial charge in [0, 0.05) is 34.1 Å². The van der Waals surface area contributed by atoms with Gasteiger partial charge in [0.25, 0.3) is 5.91 Å². The molecule has 0 fully saturated rings. The number of nitrogens with one attached hydrogen (secondary N) is 1. The first kappa shape index (κ1) is 15.4. The molecule has 25 heavy (non-hydrogen) atoms. The van der Waals surface area contributed by atoms with E-state index in [2.05, 4.69) is 15.3 Å². The molecule has 2 heterocycles. The summed E-state index contributed by atoms with van der Waals surface area (Å²) >= 11 is 5.91. The maximum Gasteiger partial charge on any atom is 0.255 e. The Morgan fingerprint density at radius 2 is 1.92 bits per heavy atom. The van der Waals surface area contributed by atoms with Crippen molar-refractivity contribution in [3.05, 3.63) is 77.6 Å². The summed E-state index contributed by atoms with van der Waals surface area (Å²) < 4.78 is 5.70. The molecule has 0 saturated carbocycles. The number of fused-ring (bicyclic) bond motifs is 1. The Morgan fingerprint density at radius 3 is 2.68 bits per heavy atom. The van der Waals surface area contributed by atoms with Crippen LogP contribution in [-0.4, -0.2) is 15.9 Å². The molecule has 6 heteroatoms. The zero-order valence-corrected chi connectivity index (χ0v) is 13.7. The molecular weight excluding hydrogens is 338 g/mol. The van der Waals surface area contributed by atoms with Gasteiger partial charge in [-0.15, -0.1) is 0 Å². The number of amides is 1. The average molecular weight is 350 g/mol. The molecule has 1 N–H and O–H groups in total. The van der Waals surface area contributed by atoms with Crippen molar-refractivity contribution in [3.8, 4) is 11.5 Å². The molecule has 5 nitrogen and oxygen atoms in total. The number of nitrogens with zero attached hydrogens (tertiary/aromatic N) is 2. The van der Waals surface area contributed by atoms with E-state index >= 15 is 0 Å². The Balaban J connectivity index is 1.54. The van der Waals surface area contributed by atoms with E-state index in [-0.39, 0.29) is 5.91 Å². The summed E-state index contributed by atoms with van der Waals surface area (Å²) in [7, 11) is 0. The Bertz CT molecular complexity index is 1020. The summed E-state index contributed by atoms with van der Waals surface area (Å²) in [5.41, 5.74) is 3.38. The van der Waals surface area contributed by atoms with E-state index in [1.165, 1.54) is 0 Å².